The lowest BCUT2D eigenvalue weighted by molar-refractivity contribution is -0.128. The smallest absolute Gasteiger partial charge is 0.276 e. The fourth-order valence-electron chi connectivity index (χ4n) is 1.86. The van der Waals surface area contributed by atoms with Gasteiger partial charge in [-0.3, -0.25) is 25.2 Å². The van der Waals surface area contributed by atoms with Crippen LogP contribution in [0.15, 0.2) is 53.4 Å². The van der Waals surface area contributed by atoms with E-state index in [1.54, 1.807) is 30.3 Å². The average Bonchev–Trinajstić information content (AvgIpc) is 2.64. The van der Waals surface area contributed by atoms with E-state index in [2.05, 4.69) is 10.9 Å². The molecule has 2 aromatic rings. The van der Waals surface area contributed by atoms with Crippen molar-refractivity contribution in [2.75, 3.05) is 12.4 Å². The van der Waals surface area contributed by atoms with E-state index in [1.165, 1.54) is 18.2 Å². The molecular formula is C17H16FN3O4S. The zero-order valence-electron chi connectivity index (χ0n) is 13.5. The number of hydrogen-bond acceptors (Lipinski definition) is 5. The van der Waals surface area contributed by atoms with Gasteiger partial charge in [0, 0.05) is 4.90 Å². The van der Waals surface area contributed by atoms with Crippen molar-refractivity contribution < 1.29 is 23.5 Å². The summed E-state index contributed by atoms with van der Waals surface area (Å²) in [5.41, 5.74) is 9.71. The number of halogens is 1. The highest BCUT2D eigenvalue weighted by molar-refractivity contribution is 8.00. The first kappa shape index (κ1) is 19.3. The van der Waals surface area contributed by atoms with Crippen LogP contribution in [0.3, 0.4) is 0 Å². The van der Waals surface area contributed by atoms with Gasteiger partial charge in [-0.15, -0.1) is 11.8 Å². The first-order valence-electron chi connectivity index (χ1n) is 7.44. The second kappa shape index (κ2) is 9.42. The number of hydrogen-bond donors (Lipinski definition) is 3. The molecule has 0 unspecified atom stereocenters. The fourth-order valence-corrected chi connectivity index (χ4v) is 2.60. The van der Waals surface area contributed by atoms with Crippen LogP contribution in [0.25, 0.3) is 0 Å². The van der Waals surface area contributed by atoms with Gasteiger partial charge in [0.1, 0.15) is 11.6 Å². The van der Waals surface area contributed by atoms with E-state index < -0.39 is 30.1 Å². The Hall–Kier alpha value is -3.07. The Morgan fingerprint density at radius 1 is 1.00 bits per heavy atom. The summed E-state index contributed by atoms with van der Waals surface area (Å²) in [6, 6.07) is 12.3. The summed E-state index contributed by atoms with van der Waals surface area (Å²) < 4.78 is 18.7. The zero-order valence-corrected chi connectivity index (χ0v) is 14.3. The van der Waals surface area contributed by atoms with Crippen molar-refractivity contribution in [2.45, 2.75) is 4.90 Å². The van der Waals surface area contributed by atoms with Crippen molar-refractivity contribution in [1.29, 1.82) is 0 Å². The third-order valence-corrected chi connectivity index (χ3v) is 4.10. The van der Waals surface area contributed by atoms with Gasteiger partial charge >= 0.3 is 0 Å². The maximum atomic E-state index is 13.4. The molecule has 26 heavy (non-hydrogen) atoms. The number of rotatable bonds is 7. The number of thioether (sulfide) groups is 1. The number of carbonyl (C=O) groups is 3. The minimum absolute atomic E-state index is 0.0768. The first-order chi connectivity index (χ1) is 12.5. The first-order valence-corrected chi connectivity index (χ1v) is 8.42. The van der Waals surface area contributed by atoms with Crippen molar-refractivity contribution in [1.82, 2.24) is 10.9 Å². The Balaban J connectivity index is 1.74. The molecule has 0 aromatic heterocycles. The molecule has 7 nitrogen and oxygen atoms in total. The van der Waals surface area contributed by atoms with Gasteiger partial charge < -0.3 is 10.5 Å². The van der Waals surface area contributed by atoms with E-state index in [-0.39, 0.29) is 17.1 Å². The fraction of sp³-hybridized carbons (Fsp3) is 0.118. The second-order valence-corrected chi connectivity index (χ2v) is 5.98. The summed E-state index contributed by atoms with van der Waals surface area (Å²) >= 11 is 1.00. The van der Waals surface area contributed by atoms with Gasteiger partial charge in [0.05, 0.1) is 11.3 Å². The molecule has 0 saturated heterocycles. The summed E-state index contributed by atoms with van der Waals surface area (Å²) in [6.45, 7) is -0.426. The number of para-hydroxylation sites is 1. The molecule has 0 spiro atoms. The van der Waals surface area contributed by atoms with E-state index in [0.717, 1.165) is 11.8 Å². The minimum atomic E-state index is -0.681. The van der Waals surface area contributed by atoms with Crippen LogP contribution in [0.2, 0.25) is 0 Å². The van der Waals surface area contributed by atoms with Crippen molar-refractivity contribution in [2.24, 2.45) is 5.73 Å². The molecule has 0 heterocycles. The normalized spacial score (nSPS) is 10.0. The molecule has 2 rings (SSSR count). The molecule has 9 heteroatoms. The van der Waals surface area contributed by atoms with E-state index >= 15 is 0 Å². The number of nitrogens with two attached hydrogens (primary N) is 1. The second-order valence-electron chi connectivity index (χ2n) is 4.96. The molecule has 0 aliphatic carbocycles. The summed E-state index contributed by atoms with van der Waals surface area (Å²) in [4.78, 5) is 35.0. The lowest BCUT2D eigenvalue weighted by atomic mass is 10.2. The van der Waals surface area contributed by atoms with Crippen LogP contribution in [0.1, 0.15) is 10.4 Å². The SMILES string of the molecule is NC(=O)c1ccccc1OCC(=O)NNC(=O)CSc1ccccc1F. The molecule has 136 valence electrons. The molecule has 2 aromatic carbocycles. The predicted molar refractivity (Wildman–Crippen MR) is 93.9 cm³/mol. The predicted octanol–water partition coefficient (Wildman–Crippen LogP) is 1.24. The number of nitrogens with one attached hydrogen (secondary N) is 2. The van der Waals surface area contributed by atoms with E-state index in [0.29, 0.717) is 4.90 Å². The van der Waals surface area contributed by atoms with Crippen LogP contribution in [-0.4, -0.2) is 30.1 Å². The maximum absolute atomic E-state index is 13.4. The summed E-state index contributed by atoms with van der Waals surface area (Å²) in [7, 11) is 0. The topological polar surface area (TPSA) is 111 Å². The summed E-state index contributed by atoms with van der Waals surface area (Å²) in [6.07, 6.45) is 0. The van der Waals surface area contributed by atoms with Crippen molar-refractivity contribution in [3.8, 4) is 5.75 Å². The zero-order chi connectivity index (χ0) is 18.9. The molecule has 0 saturated carbocycles. The van der Waals surface area contributed by atoms with Crippen LogP contribution in [0.4, 0.5) is 4.39 Å². The van der Waals surface area contributed by atoms with Crippen molar-refractivity contribution in [3.63, 3.8) is 0 Å². The Bertz CT molecular complexity index is 816. The largest absolute Gasteiger partial charge is 0.483 e. The molecule has 0 fully saturated rings. The standard InChI is InChI=1S/C17H16FN3O4S/c18-12-6-2-4-8-14(12)26-10-16(23)21-20-15(22)9-25-13-7-3-1-5-11(13)17(19)24/h1-8H,9-10H2,(H2,19,24)(H,20,22)(H,21,23). The van der Waals surface area contributed by atoms with Crippen LogP contribution in [-0.2, 0) is 9.59 Å². The summed E-state index contributed by atoms with van der Waals surface area (Å²) in [5, 5.41) is 0. The third-order valence-electron chi connectivity index (χ3n) is 3.05. The monoisotopic (exact) mass is 377 g/mol. The van der Waals surface area contributed by atoms with Crippen molar-refractivity contribution in [3.05, 3.63) is 59.9 Å². The lowest BCUT2D eigenvalue weighted by Crippen LogP contribution is -2.44. The average molecular weight is 377 g/mol. The van der Waals surface area contributed by atoms with E-state index in [9.17, 15) is 18.8 Å². The highest BCUT2D eigenvalue weighted by Gasteiger charge is 2.11. The molecule has 0 aliphatic rings. The molecule has 0 bridgehead atoms. The van der Waals surface area contributed by atoms with Crippen LogP contribution in [0, 0.1) is 5.82 Å². The number of primary amides is 1. The summed E-state index contributed by atoms with van der Waals surface area (Å²) in [5.74, 6) is -2.16. The lowest BCUT2D eigenvalue weighted by Gasteiger charge is -2.10. The molecule has 4 N–H and O–H groups in total. The third kappa shape index (κ3) is 5.78. The van der Waals surface area contributed by atoms with E-state index in [4.69, 9.17) is 10.5 Å². The number of carbonyl (C=O) groups excluding carboxylic acids is 3. The molecule has 0 aliphatic heterocycles. The van der Waals surface area contributed by atoms with Gasteiger partial charge in [0.2, 0.25) is 5.91 Å². The van der Waals surface area contributed by atoms with Crippen LogP contribution in [0.5, 0.6) is 5.75 Å². The molecule has 3 amide bonds. The van der Waals surface area contributed by atoms with Gasteiger partial charge in [0.15, 0.2) is 6.61 Å². The van der Waals surface area contributed by atoms with Crippen LogP contribution >= 0.6 is 11.8 Å². The Kier molecular flexibility index (Phi) is 6.98. The quantitative estimate of drug-likeness (QED) is 0.497. The number of ether oxygens (including phenoxy) is 1. The Morgan fingerprint density at radius 2 is 1.65 bits per heavy atom. The Labute approximate surface area is 153 Å². The molecule has 0 radical (unpaired) electrons. The highest BCUT2D eigenvalue weighted by atomic mass is 32.2. The molecular weight excluding hydrogens is 361 g/mol. The number of amides is 3. The van der Waals surface area contributed by atoms with Gasteiger partial charge in [-0.1, -0.05) is 24.3 Å². The Morgan fingerprint density at radius 3 is 2.38 bits per heavy atom. The van der Waals surface area contributed by atoms with Crippen molar-refractivity contribution >= 4 is 29.5 Å². The van der Waals surface area contributed by atoms with Gasteiger partial charge in [-0.25, -0.2) is 4.39 Å². The minimum Gasteiger partial charge on any atom is -0.483 e. The van der Waals surface area contributed by atoms with Gasteiger partial charge in [-0.05, 0) is 24.3 Å². The van der Waals surface area contributed by atoms with Crippen LogP contribution < -0.4 is 21.3 Å². The maximum Gasteiger partial charge on any atom is 0.276 e. The van der Waals surface area contributed by atoms with Gasteiger partial charge in [0.25, 0.3) is 11.8 Å². The molecule has 0 atom stereocenters. The van der Waals surface area contributed by atoms with Gasteiger partial charge in [-0.2, -0.15) is 0 Å². The van der Waals surface area contributed by atoms with E-state index in [1.807, 2.05) is 0 Å². The number of hydrazine groups is 1. The number of benzene rings is 2. The highest BCUT2D eigenvalue weighted by Crippen LogP contribution is 2.20.